The van der Waals surface area contributed by atoms with Gasteiger partial charge in [0.2, 0.25) is 15.9 Å². The molecule has 0 radical (unpaired) electrons. The summed E-state index contributed by atoms with van der Waals surface area (Å²) in [6, 6.07) is -0.498. The number of likely N-dealkylation sites (tertiary alicyclic amines) is 1. The van der Waals surface area contributed by atoms with E-state index >= 15 is 0 Å². The van der Waals surface area contributed by atoms with Gasteiger partial charge in [0.25, 0.3) is 0 Å². The minimum Gasteiger partial charge on any atom is -0.341 e. The Morgan fingerprint density at radius 3 is 2.67 bits per heavy atom. The quantitative estimate of drug-likeness (QED) is 0.795. The maximum atomic E-state index is 12.7. The van der Waals surface area contributed by atoms with E-state index in [0.717, 1.165) is 12.8 Å². The van der Waals surface area contributed by atoms with Crippen molar-refractivity contribution < 1.29 is 13.2 Å². The molecule has 0 spiro atoms. The van der Waals surface area contributed by atoms with Gasteiger partial charge in [0.1, 0.15) is 6.04 Å². The Kier molecular flexibility index (Phi) is 4.95. The van der Waals surface area contributed by atoms with Crippen molar-refractivity contribution in [1.82, 2.24) is 9.21 Å². The topological polar surface area (TPSA) is 83.7 Å². The number of hydrogen-bond acceptors (Lipinski definition) is 4. The van der Waals surface area contributed by atoms with Gasteiger partial charge < -0.3 is 10.6 Å². The highest BCUT2D eigenvalue weighted by Crippen LogP contribution is 2.31. The second-order valence-corrected chi connectivity index (χ2v) is 8.65. The Balaban J connectivity index is 2.09. The average molecular weight is 317 g/mol. The highest BCUT2D eigenvalue weighted by Gasteiger charge is 2.43. The van der Waals surface area contributed by atoms with Crippen molar-refractivity contribution in [2.75, 3.05) is 31.9 Å². The van der Waals surface area contributed by atoms with Crippen LogP contribution in [0.2, 0.25) is 0 Å². The fraction of sp³-hybridized carbons (Fsp3) is 0.929. The van der Waals surface area contributed by atoms with Gasteiger partial charge in [-0.1, -0.05) is 13.8 Å². The second-order valence-electron chi connectivity index (χ2n) is 6.61. The molecule has 2 fully saturated rings. The van der Waals surface area contributed by atoms with Gasteiger partial charge in [0, 0.05) is 19.6 Å². The maximum absolute atomic E-state index is 12.7. The zero-order valence-electron chi connectivity index (χ0n) is 13.0. The molecule has 2 atom stereocenters. The van der Waals surface area contributed by atoms with Gasteiger partial charge in [-0.25, -0.2) is 8.42 Å². The molecule has 21 heavy (non-hydrogen) atoms. The summed E-state index contributed by atoms with van der Waals surface area (Å²) in [5.41, 5.74) is 5.75. The van der Waals surface area contributed by atoms with Crippen LogP contribution in [0.5, 0.6) is 0 Å². The normalized spacial score (nSPS) is 31.0. The Morgan fingerprint density at radius 1 is 1.38 bits per heavy atom. The van der Waals surface area contributed by atoms with E-state index in [0.29, 0.717) is 39.0 Å². The Hall–Kier alpha value is -0.660. The van der Waals surface area contributed by atoms with E-state index in [9.17, 15) is 13.2 Å². The van der Waals surface area contributed by atoms with Crippen molar-refractivity contribution in [3.63, 3.8) is 0 Å². The molecule has 1 amide bonds. The van der Waals surface area contributed by atoms with Crippen LogP contribution in [0.4, 0.5) is 0 Å². The molecule has 2 aliphatic rings. The number of hydrogen-bond donors (Lipinski definition) is 1. The van der Waals surface area contributed by atoms with Gasteiger partial charge in [-0.15, -0.1) is 0 Å². The second kappa shape index (κ2) is 6.22. The molecule has 122 valence electrons. The van der Waals surface area contributed by atoms with Crippen LogP contribution in [-0.4, -0.2) is 61.5 Å². The lowest BCUT2D eigenvalue weighted by atomic mass is 9.90. The molecule has 2 heterocycles. The molecule has 0 aliphatic carbocycles. The van der Waals surface area contributed by atoms with Crippen LogP contribution < -0.4 is 5.73 Å². The third-order valence-corrected chi connectivity index (χ3v) is 6.75. The van der Waals surface area contributed by atoms with Crippen molar-refractivity contribution in [3.8, 4) is 0 Å². The number of carbonyl (C=O) groups is 1. The summed E-state index contributed by atoms with van der Waals surface area (Å²) in [6.07, 6.45) is 2.87. The molecule has 2 aliphatic heterocycles. The number of sulfonamides is 1. The zero-order chi connectivity index (χ0) is 15.7. The van der Waals surface area contributed by atoms with Crippen LogP contribution in [-0.2, 0) is 14.8 Å². The standard InChI is InChI=1S/C14H27N3O3S/c1-3-9-21(19,20)17-7-4-5-12(17)13(18)16-8-6-14(2,10-15)11-16/h12H,3-11,15H2,1-2H3. The zero-order valence-corrected chi connectivity index (χ0v) is 13.9. The number of carbonyl (C=O) groups excluding carboxylic acids is 1. The van der Waals surface area contributed by atoms with E-state index in [2.05, 4.69) is 6.92 Å². The molecule has 0 bridgehead atoms. The molecule has 6 nitrogen and oxygen atoms in total. The van der Waals surface area contributed by atoms with E-state index in [-0.39, 0.29) is 17.1 Å². The highest BCUT2D eigenvalue weighted by molar-refractivity contribution is 7.89. The first-order valence-corrected chi connectivity index (χ1v) is 9.42. The molecular formula is C14H27N3O3S. The lowest BCUT2D eigenvalue weighted by Crippen LogP contribution is -2.48. The summed E-state index contributed by atoms with van der Waals surface area (Å²) in [5.74, 6) is 0.0847. The predicted molar refractivity (Wildman–Crippen MR) is 82.2 cm³/mol. The molecule has 2 rings (SSSR count). The van der Waals surface area contributed by atoms with E-state index in [1.165, 1.54) is 4.31 Å². The third kappa shape index (κ3) is 3.40. The predicted octanol–water partition coefficient (Wildman–Crippen LogP) is 0.388. The van der Waals surface area contributed by atoms with E-state index in [4.69, 9.17) is 5.73 Å². The Morgan fingerprint density at radius 2 is 2.10 bits per heavy atom. The lowest BCUT2D eigenvalue weighted by Gasteiger charge is -2.28. The molecule has 0 aromatic heterocycles. The van der Waals surface area contributed by atoms with Crippen LogP contribution in [0.25, 0.3) is 0 Å². The van der Waals surface area contributed by atoms with Gasteiger partial charge in [0.15, 0.2) is 0 Å². The molecule has 2 saturated heterocycles. The van der Waals surface area contributed by atoms with Gasteiger partial charge >= 0.3 is 0 Å². The Bertz CT molecular complexity index is 494. The van der Waals surface area contributed by atoms with E-state index in [1.54, 1.807) is 4.90 Å². The summed E-state index contributed by atoms with van der Waals surface area (Å²) in [4.78, 5) is 14.5. The number of nitrogens with two attached hydrogens (primary N) is 1. The lowest BCUT2D eigenvalue weighted by molar-refractivity contribution is -0.133. The van der Waals surface area contributed by atoms with Gasteiger partial charge in [0.05, 0.1) is 5.75 Å². The molecule has 0 saturated carbocycles. The summed E-state index contributed by atoms with van der Waals surface area (Å²) in [5, 5.41) is 0. The summed E-state index contributed by atoms with van der Waals surface area (Å²) in [7, 11) is -3.31. The van der Waals surface area contributed by atoms with Crippen LogP contribution in [0.3, 0.4) is 0 Å². The smallest absolute Gasteiger partial charge is 0.241 e. The van der Waals surface area contributed by atoms with Gasteiger partial charge in [-0.2, -0.15) is 4.31 Å². The number of nitrogens with zero attached hydrogens (tertiary/aromatic N) is 2. The maximum Gasteiger partial charge on any atom is 0.241 e. The first-order chi connectivity index (χ1) is 9.83. The van der Waals surface area contributed by atoms with Gasteiger partial charge in [-0.3, -0.25) is 4.79 Å². The molecule has 2 N–H and O–H groups in total. The minimum absolute atomic E-state index is 0.0264. The van der Waals surface area contributed by atoms with Gasteiger partial charge in [-0.05, 0) is 37.6 Å². The van der Waals surface area contributed by atoms with Crippen molar-refractivity contribution >= 4 is 15.9 Å². The van der Waals surface area contributed by atoms with Crippen molar-refractivity contribution in [3.05, 3.63) is 0 Å². The van der Waals surface area contributed by atoms with E-state index in [1.807, 2.05) is 6.92 Å². The average Bonchev–Trinajstić information content (AvgIpc) is 3.05. The van der Waals surface area contributed by atoms with E-state index < -0.39 is 16.1 Å². The van der Waals surface area contributed by atoms with Crippen LogP contribution in [0.15, 0.2) is 0 Å². The Labute approximate surface area is 127 Å². The fourth-order valence-electron chi connectivity index (χ4n) is 3.28. The van der Waals surface area contributed by atoms with Crippen molar-refractivity contribution in [2.24, 2.45) is 11.1 Å². The minimum atomic E-state index is -3.31. The monoisotopic (exact) mass is 317 g/mol. The number of amides is 1. The largest absolute Gasteiger partial charge is 0.341 e. The molecule has 7 heteroatoms. The first kappa shape index (κ1) is 16.7. The van der Waals surface area contributed by atoms with Crippen LogP contribution in [0.1, 0.15) is 39.5 Å². The van der Waals surface area contributed by atoms with Crippen molar-refractivity contribution in [1.29, 1.82) is 0 Å². The van der Waals surface area contributed by atoms with Crippen molar-refractivity contribution in [2.45, 2.75) is 45.6 Å². The first-order valence-electron chi connectivity index (χ1n) is 7.81. The SMILES string of the molecule is CCCS(=O)(=O)N1CCCC1C(=O)N1CCC(C)(CN)C1. The fourth-order valence-corrected chi connectivity index (χ4v) is 5.03. The summed E-state index contributed by atoms with van der Waals surface area (Å²) < 4.78 is 26.0. The van der Waals surface area contributed by atoms with Crippen LogP contribution >= 0.6 is 0 Å². The van der Waals surface area contributed by atoms with Crippen LogP contribution in [0, 0.1) is 5.41 Å². The highest BCUT2D eigenvalue weighted by atomic mass is 32.2. The summed E-state index contributed by atoms with van der Waals surface area (Å²) >= 11 is 0. The molecule has 0 aromatic rings. The molecule has 0 aromatic carbocycles. The summed E-state index contributed by atoms with van der Waals surface area (Å²) in [6.45, 7) is 6.28. The molecular weight excluding hydrogens is 290 g/mol. The molecule has 2 unspecified atom stereocenters. The third-order valence-electron chi connectivity index (χ3n) is 4.67. The number of rotatable bonds is 5.